The van der Waals surface area contributed by atoms with Crippen LogP contribution < -0.4 is 56.8 Å². The van der Waals surface area contributed by atoms with E-state index in [1.54, 1.807) is 85.3 Å². The van der Waals surface area contributed by atoms with E-state index in [1.165, 1.54) is 0 Å². The fraction of sp³-hybridized carbons (Fsp3) is 0.250. The molecule has 16 aliphatic rings. The van der Waals surface area contributed by atoms with Crippen LogP contribution in [0.2, 0.25) is 0 Å². The SMILES string of the molecule is COc1cc2c(OC)cc1-c1cc(OC)c(cc1OC)-c1cc(OC)c(cc1OC)-c1cc(OC)c(cc1OC)-c1cc(OC)c(cc1OC)-c1cc(OC)c-2cc1OC. The van der Waals surface area contributed by atoms with Crippen molar-refractivity contribution in [1.29, 1.82) is 0 Å². The van der Waals surface area contributed by atoms with Crippen molar-refractivity contribution in [2.75, 3.05) is 85.3 Å². The van der Waals surface area contributed by atoms with Crippen LogP contribution in [0.3, 0.4) is 0 Å². The lowest BCUT2D eigenvalue weighted by Crippen LogP contribution is -2.01. The van der Waals surface area contributed by atoms with Crippen molar-refractivity contribution in [2.45, 2.75) is 0 Å². The highest BCUT2D eigenvalue weighted by Crippen LogP contribution is 2.54. The van der Waals surface area contributed by atoms with Crippen molar-refractivity contribution in [1.82, 2.24) is 0 Å². The molecule has 16 aliphatic carbocycles. The number of benzene rings is 6. The predicted octanol–water partition coefficient (Wildman–Crippen LogP) is 10.1. The van der Waals surface area contributed by atoms with Gasteiger partial charge in [0.2, 0.25) is 0 Å². The molecule has 0 amide bonds. The molecule has 0 saturated carbocycles. The summed E-state index contributed by atoms with van der Waals surface area (Å²) in [7, 11) is 19.4. The third kappa shape index (κ3) is 6.77. The predicted molar refractivity (Wildman–Crippen MR) is 231 cm³/mol. The third-order valence-electron chi connectivity index (χ3n) is 10.9. The maximum Gasteiger partial charge on any atom is 0.127 e. The van der Waals surface area contributed by atoms with Crippen LogP contribution >= 0.6 is 0 Å². The zero-order chi connectivity index (χ0) is 42.8. The molecule has 60 heavy (non-hydrogen) atoms. The van der Waals surface area contributed by atoms with Crippen LogP contribution in [0.5, 0.6) is 69.0 Å². The maximum atomic E-state index is 6.08. The topological polar surface area (TPSA) is 111 Å². The second-order valence-corrected chi connectivity index (χ2v) is 13.5. The van der Waals surface area contributed by atoms with Crippen molar-refractivity contribution in [3.05, 3.63) is 72.8 Å². The lowest BCUT2D eigenvalue weighted by atomic mass is 9.90. The minimum Gasteiger partial charge on any atom is -0.496 e. The van der Waals surface area contributed by atoms with Crippen molar-refractivity contribution in [2.24, 2.45) is 0 Å². The van der Waals surface area contributed by atoms with Crippen LogP contribution in [0.15, 0.2) is 72.8 Å². The Morgan fingerprint density at radius 1 is 0.150 bits per heavy atom. The Morgan fingerprint density at radius 3 is 0.267 bits per heavy atom. The molecule has 12 bridgehead atoms. The van der Waals surface area contributed by atoms with Crippen molar-refractivity contribution < 1.29 is 56.8 Å². The Labute approximate surface area is 349 Å². The van der Waals surface area contributed by atoms with E-state index >= 15 is 0 Å². The Hall–Kier alpha value is -7.08. The number of hydrogen-bond acceptors (Lipinski definition) is 12. The fourth-order valence-electron chi connectivity index (χ4n) is 7.91. The molecule has 0 N–H and O–H groups in total. The summed E-state index contributed by atoms with van der Waals surface area (Å²) in [4.78, 5) is 0. The molecule has 6 aromatic carbocycles. The van der Waals surface area contributed by atoms with Gasteiger partial charge in [-0.05, 0) is 72.8 Å². The summed E-state index contributed by atoms with van der Waals surface area (Å²) in [5.74, 6) is 6.49. The molecule has 0 heterocycles. The van der Waals surface area contributed by atoms with Crippen molar-refractivity contribution in [3.8, 4) is 136 Å². The highest BCUT2D eigenvalue weighted by molar-refractivity contribution is 5.94. The zero-order valence-electron chi connectivity index (χ0n) is 35.8. The van der Waals surface area contributed by atoms with Gasteiger partial charge in [0.25, 0.3) is 0 Å². The Morgan fingerprint density at radius 2 is 0.217 bits per heavy atom. The first kappa shape index (κ1) is 41.1. The van der Waals surface area contributed by atoms with Crippen LogP contribution in [0.25, 0.3) is 66.8 Å². The summed E-state index contributed by atoms with van der Waals surface area (Å²) < 4.78 is 73.0. The molecule has 0 saturated heterocycles. The van der Waals surface area contributed by atoms with Gasteiger partial charge in [-0.2, -0.15) is 0 Å². The Balaban J connectivity index is 1.66. The van der Waals surface area contributed by atoms with E-state index in [9.17, 15) is 0 Å². The summed E-state index contributed by atoms with van der Waals surface area (Å²) in [6.45, 7) is 0. The smallest absolute Gasteiger partial charge is 0.127 e. The summed E-state index contributed by atoms with van der Waals surface area (Å²) in [6.07, 6.45) is 0. The summed E-state index contributed by atoms with van der Waals surface area (Å²) in [6, 6.07) is 22.8. The van der Waals surface area contributed by atoms with E-state index in [2.05, 4.69) is 0 Å². The normalized spacial score (nSPS) is 11.0. The van der Waals surface area contributed by atoms with Crippen molar-refractivity contribution in [3.63, 3.8) is 0 Å². The molecular formula is C48H48O12. The second kappa shape index (κ2) is 17.0. The van der Waals surface area contributed by atoms with E-state index in [1.807, 2.05) is 72.8 Å². The molecule has 12 heteroatoms. The Kier molecular flexibility index (Phi) is 11.7. The molecule has 0 radical (unpaired) electrons. The lowest BCUT2D eigenvalue weighted by molar-refractivity contribution is 0.396. The summed E-state index contributed by atoms with van der Waals surface area (Å²) in [5, 5.41) is 0. The number of hydrogen-bond donors (Lipinski definition) is 0. The van der Waals surface area contributed by atoms with Gasteiger partial charge in [0.1, 0.15) is 69.0 Å². The van der Waals surface area contributed by atoms with E-state index < -0.39 is 0 Å². The quantitative estimate of drug-likeness (QED) is 0.117. The molecule has 0 fully saturated rings. The second-order valence-electron chi connectivity index (χ2n) is 13.5. The van der Waals surface area contributed by atoms with E-state index in [-0.39, 0.29) is 0 Å². The minimum atomic E-state index is 0.541. The highest BCUT2D eigenvalue weighted by Gasteiger charge is 2.28. The largest absolute Gasteiger partial charge is 0.496 e. The van der Waals surface area contributed by atoms with Gasteiger partial charge in [0, 0.05) is 66.8 Å². The highest BCUT2D eigenvalue weighted by atomic mass is 16.5. The first-order valence-corrected chi connectivity index (χ1v) is 18.8. The average Bonchev–Trinajstić information content (AvgIpc) is 3.30. The van der Waals surface area contributed by atoms with Gasteiger partial charge in [0.05, 0.1) is 85.3 Å². The number of rotatable bonds is 12. The zero-order valence-corrected chi connectivity index (χ0v) is 35.8. The van der Waals surface area contributed by atoms with Gasteiger partial charge in [-0.3, -0.25) is 0 Å². The number of methoxy groups -OCH3 is 12. The maximum absolute atomic E-state index is 6.08. The molecule has 12 nitrogen and oxygen atoms in total. The first-order valence-electron chi connectivity index (χ1n) is 18.8. The lowest BCUT2D eigenvalue weighted by Gasteiger charge is -2.23. The van der Waals surface area contributed by atoms with Crippen LogP contribution in [-0.4, -0.2) is 85.3 Å². The van der Waals surface area contributed by atoms with Gasteiger partial charge in [-0.1, -0.05) is 0 Å². The minimum absolute atomic E-state index is 0.541. The molecule has 312 valence electrons. The number of ether oxygens (including phenoxy) is 12. The summed E-state index contributed by atoms with van der Waals surface area (Å²) >= 11 is 0. The molecule has 6 aromatic rings. The van der Waals surface area contributed by atoms with E-state index in [0.717, 1.165) is 0 Å². The molecule has 22 rings (SSSR count). The third-order valence-corrected chi connectivity index (χ3v) is 10.9. The fourth-order valence-corrected chi connectivity index (χ4v) is 7.91. The van der Waals surface area contributed by atoms with E-state index in [0.29, 0.717) is 136 Å². The molecule has 0 aliphatic heterocycles. The summed E-state index contributed by atoms with van der Waals surface area (Å²) in [5.41, 5.74) is 8.31. The van der Waals surface area contributed by atoms with Crippen LogP contribution in [-0.2, 0) is 0 Å². The van der Waals surface area contributed by atoms with Crippen LogP contribution in [0.1, 0.15) is 0 Å². The molecular weight excluding hydrogens is 769 g/mol. The van der Waals surface area contributed by atoms with Crippen molar-refractivity contribution >= 4 is 0 Å². The monoisotopic (exact) mass is 816 g/mol. The van der Waals surface area contributed by atoms with Crippen LogP contribution in [0, 0.1) is 0 Å². The Bertz CT molecular complexity index is 1960. The van der Waals surface area contributed by atoms with Gasteiger partial charge >= 0.3 is 0 Å². The average molecular weight is 817 g/mol. The standard InChI is InChI=1S/C48H48O12/c1-49-37-13-26-28-16-42(54-6)30(18-41(28)53-5)32-20-46(58-10)34(22-45(32)57-9)36-24-47(59-11)35(23-48(36)60-12)33-21-43(55-7)31(19-44(33)56-8)29-17-39(51-3)27(15-40(29)52-4)25(37)14-38(26)50-2/h13-24H,1-12H3. The van der Waals surface area contributed by atoms with Gasteiger partial charge in [-0.25, -0.2) is 0 Å². The van der Waals surface area contributed by atoms with Gasteiger partial charge in [0.15, 0.2) is 0 Å². The first-order chi connectivity index (χ1) is 29.2. The molecule has 0 spiro atoms. The van der Waals surface area contributed by atoms with Gasteiger partial charge in [-0.15, -0.1) is 0 Å². The molecule has 0 unspecified atom stereocenters. The van der Waals surface area contributed by atoms with Crippen LogP contribution in [0.4, 0.5) is 0 Å². The van der Waals surface area contributed by atoms with E-state index in [4.69, 9.17) is 56.8 Å². The molecule has 0 atom stereocenters. The van der Waals surface area contributed by atoms with Gasteiger partial charge < -0.3 is 56.8 Å². The molecule has 0 aromatic heterocycles.